The van der Waals surface area contributed by atoms with E-state index in [1.165, 1.54) is 0 Å². The van der Waals surface area contributed by atoms with Crippen molar-refractivity contribution in [1.82, 2.24) is 0 Å². The minimum atomic E-state index is -1.49. The maximum Gasteiger partial charge on any atom is 0.0391 e. The molecule has 0 saturated heterocycles. The quantitative estimate of drug-likeness (QED) is 0.457. The summed E-state index contributed by atoms with van der Waals surface area (Å²) in [7, 11) is 0. The summed E-state index contributed by atoms with van der Waals surface area (Å²) < 4.78 is 19.7. The number of thiol groups is 2. The largest absolute Gasteiger partial charge is 0.330 e. The van der Waals surface area contributed by atoms with E-state index in [2.05, 4.69) is 25.3 Å². The molecule has 0 aliphatic rings. The van der Waals surface area contributed by atoms with E-state index < -0.39 is 11.4 Å². The molecule has 0 fully saturated rings. The molecule has 0 radical (unpaired) electrons. The minimum absolute atomic E-state index is 0. The van der Waals surface area contributed by atoms with Crippen LogP contribution in [0.25, 0.3) is 0 Å². The van der Waals surface area contributed by atoms with Crippen molar-refractivity contribution in [2.24, 2.45) is 11.5 Å². The van der Waals surface area contributed by atoms with Crippen LogP contribution in [-0.2, 0) is 0 Å². The van der Waals surface area contributed by atoms with E-state index in [-0.39, 0.29) is 14.0 Å². The molecule has 0 aromatic carbocycles. The maximum absolute atomic E-state index is 6.59. The summed E-state index contributed by atoms with van der Waals surface area (Å²) in [6.07, 6.45) is 0. The number of rotatable bonds is 2. The highest BCUT2D eigenvalue weighted by Gasteiger charge is 1.56. The van der Waals surface area contributed by atoms with Crippen molar-refractivity contribution in [2.45, 2.75) is 7.43 Å². The first kappa shape index (κ1) is 7.72. The Balaban J connectivity index is -0.000000126. The average Bonchev–Trinajstić information content (AvgIpc) is 1.88. The summed E-state index contributed by atoms with van der Waals surface area (Å²) in [5.41, 5.74) is 7.88. The SMILES string of the molecule is C.[2H]C(S)CN.[2H]C([2H])(S)CN. The zero-order valence-corrected chi connectivity index (χ0v) is 6.33. The Kier molecular flexibility index (Phi) is 20.1. The Morgan fingerprint density at radius 3 is 1.44 bits per heavy atom. The molecule has 0 aromatic rings. The highest BCUT2D eigenvalue weighted by Crippen LogP contribution is 1.59. The molecule has 60 valence electrons. The number of nitrogens with two attached hydrogens (primary N) is 2. The van der Waals surface area contributed by atoms with Gasteiger partial charge < -0.3 is 11.5 Å². The van der Waals surface area contributed by atoms with Crippen molar-refractivity contribution in [2.75, 3.05) is 24.5 Å². The predicted octanol–water partition coefficient (Wildman–Crippen LogP) is 0.386. The first-order chi connectivity index (χ1) is 4.83. The van der Waals surface area contributed by atoms with Crippen LogP contribution in [0.15, 0.2) is 0 Å². The zero-order chi connectivity index (χ0) is 9.49. The molecule has 0 aliphatic carbocycles. The number of hydrogen-bond donors (Lipinski definition) is 4. The van der Waals surface area contributed by atoms with Gasteiger partial charge in [-0.05, 0) is 0 Å². The molecule has 4 N–H and O–H groups in total. The third-order valence-electron chi connectivity index (χ3n) is 0.197. The molecule has 9 heavy (non-hydrogen) atoms. The van der Waals surface area contributed by atoms with Gasteiger partial charge in [0.05, 0.1) is 0 Å². The summed E-state index contributed by atoms with van der Waals surface area (Å²) in [6.45, 7) is 0.305. The third kappa shape index (κ3) is 55.0. The standard InChI is InChI=1S/2C2H7NS.CH4/c2*3-1-2-4;/h2*4H,1-3H2;1H4/i2D2;2D;. The van der Waals surface area contributed by atoms with Gasteiger partial charge in [-0.25, -0.2) is 0 Å². The second-order valence-corrected chi connectivity index (χ2v) is 1.46. The van der Waals surface area contributed by atoms with E-state index in [1.807, 2.05) is 0 Å². The Morgan fingerprint density at radius 2 is 1.44 bits per heavy atom. The molecule has 4 heteroatoms. The molecule has 0 aromatic heterocycles. The first-order valence-corrected chi connectivity index (χ1v) is 3.02. The lowest BCUT2D eigenvalue weighted by Crippen LogP contribution is -1.97. The fourth-order valence-electron chi connectivity index (χ4n) is 0. The van der Waals surface area contributed by atoms with Crippen LogP contribution >= 0.6 is 25.3 Å². The highest BCUT2D eigenvalue weighted by atomic mass is 32.1. The number of hydrogen-bond acceptors (Lipinski definition) is 4. The van der Waals surface area contributed by atoms with Crippen LogP contribution in [0.1, 0.15) is 11.5 Å². The second kappa shape index (κ2) is 23.4. The van der Waals surface area contributed by atoms with Gasteiger partial charge >= 0.3 is 0 Å². The smallest absolute Gasteiger partial charge is 0.0391 e. The topological polar surface area (TPSA) is 52.0 Å². The van der Waals surface area contributed by atoms with Crippen molar-refractivity contribution in [3.05, 3.63) is 0 Å². The van der Waals surface area contributed by atoms with Crippen LogP contribution in [0, 0.1) is 0 Å². The van der Waals surface area contributed by atoms with Gasteiger partial charge in [-0.15, -0.1) is 0 Å². The summed E-state index contributed by atoms with van der Waals surface area (Å²) in [4.78, 5) is 0. The van der Waals surface area contributed by atoms with E-state index in [9.17, 15) is 0 Å². The maximum atomic E-state index is 6.59. The highest BCUT2D eigenvalue weighted by molar-refractivity contribution is 7.80. The lowest BCUT2D eigenvalue weighted by Gasteiger charge is -1.69. The second-order valence-electron chi connectivity index (χ2n) is 0.781. The van der Waals surface area contributed by atoms with Crippen LogP contribution in [0.5, 0.6) is 0 Å². The van der Waals surface area contributed by atoms with Crippen LogP contribution in [0.4, 0.5) is 0 Å². The van der Waals surface area contributed by atoms with Crippen molar-refractivity contribution in [3.8, 4) is 0 Å². The average molecular weight is 173 g/mol. The molecule has 1 atom stereocenters. The molecule has 2 nitrogen and oxygen atoms in total. The minimum Gasteiger partial charge on any atom is -0.330 e. The van der Waals surface area contributed by atoms with Crippen molar-refractivity contribution in [1.29, 1.82) is 0 Å². The lowest BCUT2D eigenvalue weighted by molar-refractivity contribution is 1.16. The molecule has 0 bridgehead atoms. The summed E-state index contributed by atoms with van der Waals surface area (Å²) in [6, 6.07) is 0. The Bertz CT molecular complexity index is 87.3. The van der Waals surface area contributed by atoms with Crippen LogP contribution in [0.3, 0.4) is 0 Å². The fourth-order valence-corrected chi connectivity index (χ4v) is 0. The monoisotopic (exact) mass is 173 g/mol. The molecule has 0 saturated carbocycles. The Morgan fingerprint density at radius 1 is 1.22 bits per heavy atom. The van der Waals surface area contributed by atoms with E-state index in [1.54, 1.807) is 0 Å². The zero-order valence-electron chi connectivity index (χ0n) is 7.54. The Labute approximate surface area is 73.4 Å². The van der Waals surface area contributed by atoms with Gasteiger partial charge in [0.25, 0.3) is 0 Å². The molecule has 0 amide bonds. The van der Waals surface area contributed by atoms with Crippen molar-refractivity contribution < 1.29 is 4.11 Å². The van der Waals surface area contributed by atoms with E-state index >= 15 is 0 Å². The van der Waals surface area contributed by atoms with Crippen LogP contribution in [-0.4, -0.2) is 24.5 Å². The van der Waals surface area contributed by atoms with Gasteiger partial charge in [0.15, 0.2) is 0 Å². The van der Waals surface area contributed by atoms with Gasteiger partial charge in [-0.2, -0.15) is 25.3 Å². The normalized spacial score (nSPS) is 16.7. The van der Waals surface area contributed by atoms with E-state index in [0.717, 1.165) is 0 Å². The molecular formula is C5H18N2S2. The fraction of sp³-hybridized carbons (Fsp3) is 1.00. The summed E-state index contributed by atoms with van der Waals surface area (Å²) >= 11 is 7.10. The van der Waals surface area contributed by atoms with E-state index in [0.29, 0.717) is 6.54 Å². The molecule has 1 unspecified atom stereocenters. The van der Waals surface area contributed by atoms with Crippen LogP contribution in [0.2, 0.25) is 0 Å². The van der Waals surface area contributed by atoms with Crippen molar-refractivity contribution in [3.63, 3.8) is 0 Å². The molecule has 0 aliphatic heterocycles. The summed E-state index contributed by atoms with van der Waals surface area (Å²) in [5.74, 6) is 0. The summed E-state index contributed by atoms with van der Waals surface area (Å²) in [5, 5.41) is 0. The van der Waals surface area contributed by atoms with E-state index in [4.69, 9.17) is 15.6 Å². The van der Waals surface area contributed by atoms with Crippen molar-refractivity contribution >= 4 is 25.3 Å². The van der Waals surface area contributed by atoms with Gasteiger partial charge in [0, 0.05) is 28.6 Å². The Hall–Kier alpha value is 0.620. The molecular weight excluding hydrogens is 152 g/mol. The lowest BCUT2D eigenvalue weighted by atomic mass is 10.8. The van der Waals surface area contributed by atoms with Gasteiger partial charge in [-0.1, -0.05) is 7.43 Å². The first-order valence-electron chi connectivity index (χ1n) is 3.64. The third-order valence-corrected chi connectivity index (χ3v) is 0.590. The van der Waals surface area contributed by atoms with Gasteiger partial charge in [0.1, 0.15) is 0 Å². The van der Waals surface area contributed by atoms with Gasteiger partial charge in [0.2, 0.25) is 0 Å². The predicted molar refractivity (Wildman–Crippen MR) is 52.5 cm³/mol. The molecule has 0 rings (SSSR count). The molecule has 0 heterocycles. The molecule has 0 spiro atoms. The van der Waals surface area contributed by atoms with Crippen LogP contribution < -0.4 is 11.5 Å². The van der Waals surface area contributed by atoms with Gasteiger partial charge in [-0.3, -0.25) is 0 Å².